The third-order valence-corrected chi connectivity index (χ3v) is 3.79. The van der Waals surface area contributed by atoms with Gasteiger partial charge in [0, 0.05) is 5.75 Å². The Morgan fingerprint density at radius 2 is 2.41 bits per heavy atom. The van der Waals surface area contributed by atoms with Gasteiger partial charge in [0.15, 0.2) is 5.17 Å². The van der Waals surface area contributed by atoms with Gasteiger partial charge in [0.05, 0.1) is 5.54 Å². The fraction of sp³-hybridized carbons (Fsp3) is 0.417. The van der Waals surface area contributed by atoms with E-state index >= 15 is 0 Å². The normalized spacial score (nSPS) is 24.2. The molecule has 1 atom stereocenters. The molecule has 0 radical (unpaired) electrons. The molecule has 0 bridgehead atoms. The maximum Gasteiger partial charge on any atom is 0.154 e. The molecule has 1 aromatic carbocycles. The Kier molecular flexibility index (Phi) is 3.47. The fourth-order valence-corrected chi connectivity index (χ4v) is 2.95. The zero-order chi connectivity index (χ0) is 12.3. The number of amidine groups is 1. The molecule has 1 heterocycles. The summed E-state index contributed by atoms with van der Waals surface area (Å²) < 4.78 is 0. The van der Waals surface area contributed by atoms with Crippen molar-refractivity contribution in [2.75, 3.05) is 5.75 Å². The first-order valence-corrected chi connectivity index (χ1v) is 6.49. The smallest absolute Gasteiger partial charge is 0.154 e. The van der Waals surface area contributed by atoms with E-state index in [0.717, 1.165) is 23.3 Å². The average Bonchev–Trinajstić information content (AvgIpc) is 2.29. The van der Waals surface area contributed by atoms with Gasteiger partial charge in [-0.3, -0.25) is 4.99 Å². The van der Waals surface area contributed by atoms with Crippen LogP contribution >= 0.6 is 11.8 Å². The summed E-state index contributed by atoms with van der Waals surface area (Å²) in [5.41, 5.74) is 7.54. The minimum atomic E-state index is -0.270. The van der Waals surface area contributed by atoms with E-state index in [4.69, 9.17) is 5.73 Å². The molecule has 2 rings (SSSR count). The summed E-state index contributed by atoms with van der Waals surface area (Å²) in [6.07, 6.45) is 0.955. The van der Waals surface area contributed by atoms with Crippen molar-refractivity contribution in [3.63, 3.8) is 0 Å². The summed E-state index contributed by atoms with van der Waals surface area (Å²) in [4.78, 5) is 14.8. The van der Waals surface area contributed by atoms with Crippen molar-refractivity contribution >= 4 is 16.9 Å². The van der Waals surface area contributed by atoms with E-state index in [1.165, 1.54) is 0 Å². The largest absolute Gasteiger partial charge is 0.379 e. The molecule has 0 saturated heterocycles. The van der Waals surface area contributed by atoms with Crippen LogP contribution in [-0.4, -0.2) is 10.9 Å². The Hall–Kier alpha value is -1.36. The van der Waals surface area contributed by atoms with E-state index in [9.17, 15) is 4.91 Å². The van der Waals surface area contributed by atoms with Crippen LogP contribution in [0.4, 0.5) is 0 Å². The highest BCUT2D eigenvalue weighted by atomic mass is 32.2. The number of rotatable bonds is 3. The van der Waals surface area contributed by atoms with Gasteiger partial charge in [0.25, 0.3) is 0 Å². The molecule has 90 valence electrons. The van der Waals surface area contributed by atoms with E-state index in [2.05, 4.69) is 17.1 Å². The maximum atomic E-state index is 10.3. The van der Waals surface area contributed by atoms with Gasteiger partial charge in [-0.15, -0.1) is 0 Å². The van der Waals surface area contributed by atoms with Crippen molar-refractivity contribution < 1.29 is 0 Å². The van der Waals surface area contributed by atoms with Gasteiger partial charge in [0.1, 0.15) is 6.54 Å². The van der Waals surface area contributed by atoms with Crippen molar-refractivity contribution in [2.24, 2.45) is 15.9 Å². The lowest BCUT2D eigenvalue weighted by Gasteiger charge is -2.30. The van der Waals surface area contributed by atoms with Gasteiger partial charge in [-0.1, -0.05) is 41.2 Å². The topological polar surface area (TPSA) is 67.8 Å². The Labute approximate surface area is 105 Å². The van der Waals surface area contributed by atoms with Crippen molar-refractivity contribution in [3.05, 3.63) is 40.3 Å². The lowest BCUT2D eigenvalue weighted by atomic mass is 9.89. The number of nitroso groups, excluding NO2 is 1. The molecule has 17 heavy (non-hydrogen) atoms. The van der Waals surface area contributed by atoms with E-state index in [0.29, 0.717) is 5.17 Å². The summed E-state index contributed by atoms with van der Waals surface area (Å²) in [6.45, 7) is 2.28. The third kappa shape index (κ3) is 2.66. The maximum absolute atomic E-state index is 10.3. The molecular weight excluding hydrogens is 234 g/mol. The second-order valence-electron chi connectivity index (χ2n) is 4.31. The Balaban J connectivity index is 2.35. The summed E-state index contributed by atoms with van der Waals surface area (Å²) >= 11 is 1.59. The number of thioether (sulfide) groups is 1. The summed E-state index contributed by atoms with van der Waals surface area (Å²) in [5.74, 6) is 0.974. The number of nitrogens with two attached hydrogens (primary N) is 1. The molecule has 0 spiro atoms. The highest BCUT2D eigenvalue weighted by Crippen LogP contribution is 2.35. The fourth-order valence-electron chi connectivity index (χ4n) is 1.97. The van der Waals surface area contributed by atoms with Gasteiger partial charge in [-0.05, 0) is 24.5 Å². The molecular formula is C12H15N3OS. The molecule has 0 aromatic heterocycles. The quantitative estimate of drug-likeness (QED) is 0.837. The molecule has 0 aliphatic carbocycles. The zero-order valence-corrected chi connectivity index (χ0v) is 10.5. The van der Waals surface area contributed by atoms with Crippen LogP contribution in [0.25, 0.3) is 0 Å². The lowest BCUT2D eigenvalue weighted by molar-refractivity contribution is 0.481. The van der Waals surface area contributed by atoms with Crippen LogP contribution in [-0.2, 0) is 12.1 Å². The molecule has 0 saturated carbocycles. The van der Waals surface area contributed by atoms with Crippen molar-refractivity contribution in [3.8, 4) is 0 Å². The van der Waals surface area contributed by atoms with Crippen LogP contribution in [0.5, 0.6) is 0 Å². The standard InChI is InChI=1S/C12H15N3OS/c1-12(5-6-17-11(13)15-12)10-4-2-3-9(7-10)8-14-16/h2-4,7H,5-6,8H2,1H3,(H2,13,15). The lowest BCUT2D eigenvalue weighted by Crippen LogP contribution is -2.28. The highest BCUT2D eigenvalue weighted by Gasteiger charge is 2.29. The molecule has 0 fully saturated rings. The number of hydrogen-bond donors (Lipinski definition) is 1. The third-order valence-electron chi connectivity index (χ3n) is 2.99. The SMILES string of the molecule is CC1(c2cccc(CN=O)c2)CCSC(N)=N1. The van der Waals surface area contributed by atoms with E-state index in [-0.39, 0.29) is 12.1 Å². The number of aliphatic imine (C=N–C) groups is 1. The number of benzene rings is 1. The van der Waals surface area contributed by atoms with Crippen LogP contribution in [0, 0.1) is 4.91 Å². The molecule has 1 unspecified atom stereocenters. The Bertz CT molecular complexity index is 461. The highest BCUT2D eigenvalue weighted by molar-refractivity contribution is 8.13. The van der Waals surface area contributed by atoms with Gasteiger partial charge >= 0.3 is 0 Å². The second-order valence-corrected chi connectivity index (χ2v) is 5.43. The monoisotopic (exact) mass is 249 g/mol. The zero-order valence-electron chi connectivity index (χ0n) is 9.72. The van der Waals surface area contributed by atoms with E-state index in [1.807, 2.05) is 24.3 Å². The average molecular weight is 249 g/mol. The first-order valence-electron chi connectivity index (χ1n) is 5.51. The molecule has 1 aliphatic rings. The van der Waals surface area contributed by atoms with Crippen LogP contribution in [0.15, 0.2) is 34.4 Å². The molecule has 1 aliphatic heterocycles. The van der Waals surface area contributed by atoms with E-state index < -0.39 is 0 Å². The Morgan fingerprint density at radius 3 is 3.12 bits per heavy atom. The molecule has 1 aromatic rings. The van der Waals surface area contributed by atoms with Crippen molar-refractivity contribution in [2.45, 2.75) is 25.4 Å². The van der Waals surface area contributed by atoms with Crippen LogP contribution < -0.4 is 5.73 Å². The number of hydrogen-bond acceptors (Lipinski definition) is 5. The molecule has 5 heteroatoms. The van der Waals surface area contributed by atoms with Crippen LogP contribution in [0.3, 0.4) is 0 Å². The van der Waals surface area contributed by atoms with E-state index in [1.54, 1.807) is 11.8 Å². The van der Waals surface area contributed by atoms with Gasteiger partial charge in [0.2, 0.25) is 0 Å². The second kappa shape index (κ2) is 4.87. The first-order chi connectivity index (χ1) is 8.14. The van der Waals surface area contributed by atoms with Crippen molar-refractivity contribution in [1.82, 2.24) is 0 Å². The first kappa shape index (κ1) is 12.1. The van der Waals surface area contributed by atoms with Gasteiger partial charge in [-0.25, -0.2) is 0 Å². The minimum absolute atomic E-state index is 0.206. The molecule has 0 amide bonds. The summed E-state index contributed by atoms with van der Waals surface area (Å²) in [7, 11) is 0. The van der Waals surface area contributed by atoms with Crippen molar-refractivity contribution in [1.29, 1.82) is 0 Å². The Morgan fingerprint density at radius 1 is 1.59 bits per heavy atom. The van der Waals surface area contributed by atoms with Crippen LogP contribution in [0.2, 0.25) is 0 Å². The number of nitrogens with zero attached hydrogens (tertiary/aromatic N) is 2. The minimum Gasteiger partial charge on any atom is -0.379 e. The molecule has 4 nitrogen and oxygen atoms in total. The van der Waals surface area contributed by atoms with Gasteiger partial charge < -0.3 is 5.73 Å². The predicted molar refractivity (Wildman–Crippen MR) is 72.0 cm³/mol. The summed E-state index contributed by atoms with van der Waals surface area (Å²) in [5, 5.41) is 3.55. The van der Waals surface area contributed by atoms with Crippen LogP contribution in [0.1, 0.15) is 24.5 Å². The predicted octanol–water partition coefficient (Wildman–Crippen LogP) is 2.62. The summed E-state index contributed by atoms with van der Waals surface area (Å²) in [6, 6.07) is 7.86. The van der Waals surface area contributed by atoms with Gasteiger partial charge in [-0.2, -0.15) is 4.91 Å². The molecule has 2 N–H and O–H groups in total.